The highest BCUT2D eigenvalue weighted by atomic mass is 35.5. The predicted molar refractivity (Wildman–Crippen MR) is 108 cm³/mol. The van der Waals surface area contributed by atoms with Gasteiger partial charge in [0, 0.05) is 0 Å². The highest BCUT2D eigenvalue weighted by Gasteiger charge is 2.34. The van der Waals surface area contributed by atoms with Crippen LogP contribution in [0.3, 0.4) is 0 Å². The Kier molecular flexibility index (Phi) is 6.61. The minimum atomic E-state index is -0.696. The van der Waals surface area contributed by atoms with E-state index in [1.165, 1.54) is 0 Å². The van der Waals surface area contributed by atoms with Gasteiger partial charge in [-0.3, -0.25) is 0 Å². The molecule has 2 N–H and O–H groups in total. The number of hydrogen-bond donors (Lipinski definition) is 2. The third-order valence-electron chi connectivity index (χ3n) is 4.31. The summed E-state index contributed by atoms with van der Waals surface area (Å²) < 4.78 is 16.1. The summed E-state index contributed by atoms with van der Waals surface area (Å²) in [6.07, 6.45) is 0. The molecular formula is C21H21ClN2O5. The Labute approximate surface area is 173 Å². The summed E-state index contributed by atoms with van der Waals surface area (Å²) in [6.45, 7) is 1.86. The zero-order valence-electron chi connectivity index (χ0n) is 16.0. The Hall–Kier alpha value is -3.19. The molecule has 3 rings (SSSR count). The third-order valence-corrected chi connectivity index (χ3v) is 4.62. The highest BCUT2D eigenvalue weighted by molar-refractivity contribution is 6.32. The standard InChI is InChI=1S/C21H21ClN2O5/c1-3-28-20(25)18-16(12-29-17-7-5-4-6-15(17)22)23-21(26)24-19(18)13-8-10-14(27-2)11-9-13/h4-11,19H,3,12H2,1-2H3,(H2,23,24,26). The molecule has 8 heteroatoms. The first-order valence-corrected chi connectivity index (χ1v) is 9.40. The minimum Gasteiger partial charge on any atom is -0.497 e. The van der Waals surface area contributed by atoms with Crippen LogP contribution in [0.25, 0.3) is 0 Å². The minimum absolute atomic E-state index is 0.0576. The Morgan fingerprint density at radius 2 is 1.86 bits per heavy atom. The van der Waals surface area contributed by atoms with Crippen molar-refractivity contribution in [2.24, 2.45) is 0 Å². The van der Waals surface area contributed by atoms with Crippen LogP contribution >= 0.6 is 11.6 Å². The van der Waals surface area contributed by atoms with Gasteiger partial charge in [-0.2, -0.15) is 0 Å². The third kappa shape index (κ3) is 4.81. The maximum Gasteiger partial charge on any atom is 0.338 e. The van der Waals surface area contributed by atoms with Crippen LogP contribution in [-0.2, 0) is 9.53 Å². The number of rotatable bonds is 7. The number of benzene rings is 2. The van der Waals surface area contributed by atoms with E-state index in [0.29, 0.717) is 27.8 Å². The highest BCUT2D eigenvalue weighted by Crippen LogP contribution is 2.30. The zero-order valence-corrected chi connectivity index (χ0v) is 16.8. The first-order valence-electron chi connectivity index (χ1n) is 9.02. The zero-order chi connectivity index (χ0) is 20.8. The summed E-state index contributed by atoms with van der Waals surface area (Å²) in [6, 6.07) is 12.9. The fourth-order valence-electron chi connectivity index (χ4n) is 2.94. The average molecular weight is 417 g/mol. The molecule has 1 aliphatic heterocycles. The lowest BCUT2D eigenvalue weighted by atomic mass is 9.95. The molecule has 152 valence electrons. The SMILES string of the molecule is CCOC(=O)C1=C(COc2ccccc2Cl)NC(=O)NC1c1ccc(OC)cc1. The van der Waals surface area contributed by atoms with Crippen molar-refractivity contribution in [3.8, 4) is 11.5 Å². The van der Waals surface area contributed by atoms with Crippen molar-refractivity contribution in [1.82, 2.24) is 10.6 Å². The number of nitrogens with one attached hydrogen (secondary N) is 2. The summed E-state index contributed by atoms with van der Waals surface area (Å²) in [7, 11) is 1.56. The summed E-state index contributed by atoms with van der Waals surface area (Å²) in [5, 5.41) is 5.85. The normalized spacial score (nSPS) is 16.0. The molecule has 2 amide bonds. The number of carbonyl (C=O) groups excluding carboxylic acids is 2. The van der Waals surface area contributed by atoms with Gasteiger partial charge in [-0.25, -0.2) is 9.59 Å². The van der Waals surface area contributed by atoms with Crippen LogP contribution in [0.15, 0.2) is 59.8 Å². The van der Waals surface area contributed by atoms with E-state index in [2.05, 4.69) is 10.6 Å². The molecule has 0 saturated heterocycles. The van der Waals surface area contributed by atoms with Crippen molar-refractivity contribution in [1.29, 1.82) is 0 Å². The summed E-state index contributed by atoms with van der Waals surface area (Å²) in [5.41, 5.74) is 1.29. The largest absolute Gasteiger partial charge is 0.497 e. The topological polar surface area (TPSA) is 85.9 Å². The lowest BCUT2D eigenvalue weighted by Crippen LogP contribution is -2.47. The van der Waals surface area contributed by atoms with Crippen molar-refractivity contribution in [3.63, 3.8) is 0 Å². The second kappa shape index (κ2) is 9.34. The van der Waals surface area contributed by atoms with Gasteiger partial charge in [0.2, 0.25) is 0 Å². The summed E-state index contributed by atoms with van der Waals surface area (Å²) >= 11 is 6.13. The van der Waals surface area contributed by atoms with Crippen LogP contribution in [0, 0.1) is 0 Å². The number of halogens is 1. The van der Waals surface area contributed by atoms with E-state index in [1.807, 2.05) is 0 Å². The molecule has 0 fully saturated rings. The van der Waals surface area contributed by atoms with E-state index < -0.39 is 18.0 Å². The molecule has 1 atom stereocenters. The van der Waals surface area contributed by atoms with Crippen LogP contribution in [0.4, 0.5) is 4.79 Å². The molecule has 0 aromatic heterocycles. The molecule has 7 nitrogen and oxygen atoms in total. The molecule has 0 spiro atoms. The second-order valence-corrected chi connectivity index (χ2v) is 6.54. The van der Waals surface area contributed by atoms with Crippen molar-refractivity contribution in [2.75, 3.05) is 20.3 Å². The van der Waals surface area contributed by atoms with E-state index in [0.717, 1.165) is 0 Å². The molecular weight excluding hydrogens is 396 g/mol. The van der Waals surface area contributed by atoms with Gasteiger partial charge in [0.15, 0.2) is 0 Å². The van der Waals surface area contributed by atoms with Gasteiger partial charge < -0.3 is 24.8 Å². The van der Waals surface area contributed by atoms with E-state index in [1.54, 1.807) is 62.6 Å². The Morgan fingerprint density at radius 3 is 2.52 bits per heavy atom. The second-order valence-electron chi connectivity index (χ2n) is 6.14. The van der Waals surface area contributed by atoms with Gasteiger partial charge in [0.25, 0.3) is 0 Å². The van der Waals surface area contributed by atoms with E-state index >= 15 is 0 Å². The maximum absolute atomic E-state index is 12.7. The first-order chi connectivity index (χ1) is 14.0. The lowest BCUT2D eigenvalue weighted by molar-refractivity contribution is -0.139. The van der Waals surface area contributed by atoms with E-state index in [4.69, 9.17) is 25.8 Å². The fraction of sp³-hybridized carbons (Fsp3) is 0.238. The Morgan fingerprint density at radius 1 is 1.14 bits per heavy atom. The monoisotopic (exact) mass is 416 g/mol. The Bertz CT molecular complexity index is 927. The number of urea groups is 1. The van der Waals surface area contributed by atoms with Gasteiger partial charge in [-0.1, -0.05) is 35.9 Å². The Balaban J connectivity index is 1.97. The lowest BCUT2D eigenvalue weighted by Gasteiger charge is -2.29. The summed E-state index contributed by atoms with van der Waals surface area (Å²) in [4.78, 5) is 25.0. The molecule has 1 unspecified atom stereocenters. The quantitative estimate of drug-likeness (QED) is 0.673. The number of hydrogen-bond acceptors (Lipinski definition) is 5. The molecule has 0 aliphatic carbocycles. The fourth-order valence-corrected chi connectivity index (χ4v) is 3.13. The van der Waals surface area contributed by atoms with E-state index in [-0.39, 0.29) is 18.8 Å². The number of carbonyl (C=O) groups is 2. The van der Waals surface area contributed by atoms with Gasteiger partial charge in [0.05, 0.1) is 36.1 Å². The van der Waals surface area contributed by atoms with Gasteiger partial charge in [0.1, 0.15) is 18.1 Å². The summed E-state index contributed by atoms with van der Waals surface area (Å²) in [5.74, 6) is 0.565. The van der Waals surface area contributed by atoms with Crippen LogP contribution < -0.4 is 20.1 Å². The van der Waals surface area contributed by atoms with Crippen molar-refractivity contribution < 1.29 is 23.8 Å². The number of para-hydroxylation sites is 1. The van der Waals surface area contributed by atoms with E-state index in [9.17, 15) is 9.59 Å². The molecule has 1 aliphatic rings. The first kappa shape index (κ1) is 20.5. The predicted octanol–water partition coefficient (Wildman–Crippen LogP) is 3.60. The van der Waals surface area contributed by atoms with Gasteiger partial charge in [-0.05, 0) is 36.8 Å². The molecule has 2 aromatic rings. The van der Waals surface area contributed by atoms with Crippen molar-refractivity contribution >= 4 is 23.6 Å². The smallest absolute Gasteiger partial charge is 0.338 e. The average Bonchev–Trinajstić information content (AvgIpc) is 2.73. The molecule has 1 heterocycles. The molecule has 29 heavy (non-hydrogen) atoms. The number of ether oxygens (including phenoxy) is 3. The van der Waals surface area contributed by atoms with Crippen LogP contribution in [0.1, 0.15) is 18.5 Å². The van der Waals surface area contributed by atoms with Gasteiger partial charge in [-0.15, -0.1) is 0 Å². The van der Waals surface area contributed by atoms with Crippen molar-refractivity contribution in [2.45, 2.75) is 13.0 Å². The molecule has 0 bridgehead atoms. The van der Waals surface area contributed by atoms with Crippen molar-refractivity contribution in [3.05, 3.63) is 70.4 Å². The van der Waals surface area contributed by atoms with Crippen LogP contribution in [-0.4, -0.2) is 32.3 Å². The maximum atomic E-state index is 12.7. The molecule has 2 aromatic carbocycles. The number of amides is 2. The van der Waals surface area contributed by atoms with Crippen LogP contribution in [0.5, 0.6) is 11.5 Å². The molecule has 0 radical (unpaired) electrons. The number of methoxy groups -OCH3 is 1. The van der Waals surface area contributed by atoms with Crippen LogP contribution in [0.2, 0.25) is 5.02 Å². The number of esters is 1. The molecule has 0 saturated carbocycles. The van der Waals surface area contributed by atoms with Gasteiger partial charge >= 0.3 is 12.0 Å².